The molecule has 0 saturated carbocycles. The van der Waals surface area contributed by atoms with Gasteiger partial charge in [0.25, 0.3) is 0 Å². The molecule has 142 valence electrons. The summed E-state index contributed by atoms with van der Waals surface area (Å²) in [6.45, 7) is 10.9. The van der Waals surface area contributed by atoms with E-state index in [1.165, 1.54) is 0 Å². The number of amides is 1. The van der Waals surface area contributed by atoms with E-state index in [0.717, 1.165) is 55.3 Å². The Labute approximate surface area is 155 Å². The number of carbonyl (C=O) groups is 1. The van der Waals surface area contributed by atoms with Crippen molar-refractivity contribution in [1.29, 1.82) is 0 Å². The summed E-state index contributed by atoms with van der Waals surface area (Å²) in [5, 5.41) is 3.96. The number of nitrogens with zero attached hydrogens (tertiary/aromatic N) is 4. The first kappa shape index (κ1) is 18.7. The smallest absolute Gasteiger partial charge is 0.222 e. The van der Waals surface area contributed by atoms with Crippen molar-refractivity contribution >= 4 is 5.91 Å². The molecule has 1 amide bonds. The van der Waals surface area contributed by atoms with E-state index in [9.17, 15) is 4.79 Å². The first-order valence-electron chi connectivity index (χ1n) is 9.66. The predicted octanol–water partition coefficient (Wildman–Crippen LogP) is 3.48. The van der Waals surface area contributed by atoms with E-state index in [1.807, 2.05) is 24.9 Å². The van der Waals surface area contributed by atoms with E-state index in [2.05, 4.69) is 34.8 Å². The quantitative estimate of drug-likeness (QED) is 0.793. The Morgan fingerprint density at radius 1 is 1.31 bits per heavy atom. The van der Waals surface area contributed by atoms with Crippen molar-refractivity contribution in [2.24, 2.45) is 5.92 Å². The van der Waals surface area contributed by atoms with Crippen molar-refractivity contribution < 1.29 is 9.32 Å². The Bertz CT molecular complexity index is 719. The summed E-state index contributed by atoms with van der Waals surface area (Å²) in [5.41, 5.74) is 1.98. The van der Waals surface area contributed by atoms with Crippen LogP contribution >= 0.6 is 0 Å². The van der Waals surface area contributed by atoms with Gasteiger partial charge >= 0.3 is 0 Å². The molecule has 1 aliphatic rings. The highest BCUT2D eigenvalue weighted by Crippen LogP contribution is 2.23. The van der Waals surface area contributed by atoms with Crippen LogP contribution in [0.2, 0.25) is 0 Å². The van der Waals surface area contributed by atoms with Crippen molar-refractivity contribution in [2.75, 3.05) is 13.1 Å². The highest BCUT2D eigenvalue weighted by atomic mass is 16.5. The van der Waals surface area contributed by atoms with Crippen molar-refractivity contribution in [2.45, 2.75) is 65.8 Å². The number of hydrogen-bond acceptors (Lipinski definition) is 4. The van der Waals surface area contributed by atoms with Crippen LogP contribution < -0.4 is 0 Å². The molecule has 2 aromatic rings. The van der Waals surface area contributed by atoms with Crippen LogP contribution in [0.1, 0.15) is 61.9 Å². The first-order chi connectivity index (χ1) is 12.5. The number of imidazole rings is 1. The van der Waals surface area contributed by atoms with Gasteiger partial charge in [-0.1, -0.05) is 19.0 Å². The largest absolute Gasteiger partial charge is 0.361 e. The summed E-state index contributed by atoms with van der Waals surface area (Å²) in [4.78, 5) is 19.0. The Morgan fingerprint density at radius 2 is 2.04 bits per heavy atom. The van der Waals surface area contributed by atoms with Gasteiger partial charge in [-0.2, -0.15) is 0 Å². The summed E-state index contributed by atoms with van der Waals surface area (Å²) < 4.78 is 7.46. The van der Waals surface area contributed by atoms with Gasteiger partial charge in [0, 0.05) is 49.9 Å². The average molecular weight is 358 g/mol. The van der Waals surface area contributed by atoms with Crippen LogP contribution in [0.15, 0.2) is 16.9 Å². The van der Waals surface area contributed by atoms with Crippen LogP contribution in [-0.2, 0) is 17.8 Å². The van der Waals surface area contributed by atoms with Crippen LogP contribution in [0.5, 0.6) is 0 Å². The number of hydrogen-bond donors (Lipinski definition) is 0. The van der Waals surface area contributed by atoms with E-state index in [4.69, 9.17) is 4.52 Å². The molecule has 2 aromatic heterocycles. The molecule has 1 saturated heterocycles. The maximum atomic E-state index is 12.5. The molecule has 0 aliphatic carbocycles. The minimum atomic E-state index is 0.244. The van der Waals surface area contributed by atoms with Crippen molar-refractivity contribution in [3.8, 4) is 0 Å². The standard InChI is InChI=1S/C20H30N4O2/c1-14(2)20-21-9-12-24(20)13-17-7-10-23(11-8-17)19(25)6-5-18-15(3)22-26-16(18)4/h9,12,14,17H,5-8,10-11,13H2,1-4H3. The number of aromatic nitrogens is 3. The SMILES string of the molecule is Cc1noc(C)c1CCC(=O)N1CCC(Cn2ccnc2C(C)C)CC1. The van der Waals surface area contributed by atoms with Gasteiger partial charge in [-0.3, -0.25) is 4.79 Å². The second-order valence-electron chi connectivity index (χ2n) is 7.72. The third-order valence-corrected chi connectivity index (χ3v) is 5.46. The summed E-state index contributed by atoms with van der Waals surface area (Å²) in [5.74, 6) is 3.29. The molecule has 0 aromatic carbocycles. The molecular weight excluding hydrogens is 328 g/mol. The summed E-state index contributed by atoms with van der Waals surface area (Å²) in [6, 6.07) is 0. The third kappa shape index (κ3) is 4.17. The summed E-state index contributed by atoms with van der Waals surface area (Å²) in [6.07, 6.45) is 7.35. The highest BCUT2D eigenvalue weighted by Gasteiger charge is 2.24. The molecular formula is C20H30N4O2. The maximum absolute atomic E-state index is 12.5. The monoisotopic (exact) mass is 358 g/mol. The molecule has 3 heterocycles. The molecule has 0 N–H and O–H groups in total. The number of rotatable bonds is 6. The van der Waals surface area contributed by atoms with Gasteiger partial charge in [0.2, 0.25) is 5.91 Å². The van der Waals surface area contributed by atoms with Gasteiger partial charge in [0.15, 0.2) is 0 Å². The van der Waals surface area contributed by atoms with E-state index in [-0.39, 0.29) is 5.91 Å². The molecule has 3 rings (SSSR count). The van der Waals surface area contributed by atoms with E-state index in [1.54, 1.807) is 0 Å². The molecule has 0 bridgehead atoms. The Morgan fingerprint density at radius 3 is 2.65 bits per heavy atom. The fourth-order valence-electron chi connectivity index (χ4n) is 3.87. The minimum absolute atomic E-state index is 0.244. The van der Waals surface area contributed by atoms with Crippen LogP contribution in [0, 0.1) is 19.8 Å². The normalized spacial score (nSPS) is 15.8. The van der Waals surface area contributed by atoms with Crippen LogP contribution in [0.25, 0.3) is 0 Å². The van der Waals surface area contributed by atoms with Gasteiger partial charge in [-0.05, 0) is 39.0 Å². The van der Waals surface area contributed by atoms with E-state index >= 15 is 0 Å². The number of piperidine rings is 1. The van der Waals surface area contributed by atoms with Crippen molar-refractivity contribution in [3.63, 3.8) is 0 Å². The molecule has 6 heteroatoms. The number of aryl methyl sites for hydroxylation is 2. The molecule has 26 heavy (non-hydrogen) atoms. The van der Waals surface area contributed by atoms with Gasteiger partial charge in [-0.15, -0.1) is 0 Å². The fourth-order valence-corrected chi connectivity index (χ4v) is 3.87. The second kappa shape index (κ2) is 8.06. The zero-order valence-corrected chi connectivity index (χ0v) is 16.4. The van der Waals surface area contributed by atoms with Crippen molar-refractivity contribution in [1.82, 2.24) is 19.6 Å². The first-order valence-corrected chi connectivity index (χ1v) is 9.66. The lowest BCUT2D eigenvalue weighted by Gasteiger charge is -2.32. The van der Waals surface area contributed by atoms with E-state index < -0.39 is 0 Å². The molecule has 0 radical (unpaired) electrons. The number of carbonyl (C=O) groups excluding carboxylic acids is 1. The van der Waals surface area contributed by atoms with E-state index in [0.29, 0.717) is 24.7 Å². The highest BCUT2D eigenvalue weighted by molar-refractivity contribution is 5.76. The second-order valence-corrected chi connectivity index (χ2v) is 7.72. The zero-order valence-electron chi connectivity index (χ0n) is 16.4. The molecule has 0 unspecified atom stereocenters. The van der Waals surface area contributed by atoms with Gasteiger partial charge in [-0.25, -0.2) is 4.98 Å². The van der Waals surface area contributed by atoms with Crippen molar-refractivity contribution in [3.05, 3.63) is 35.2 Å². The minimum Gasteiger partial charge on any atom is -0.361 e. The molecule has 1 fully saturated rings. The summed E-state index contributed by atoms with van der Waals surface area (Å²) in [7, 11) is 0. The fraction of sp³-hybridized carbons (Fsp3) is 0.650. The summed E-state index contributed by atoms with van der Waals surface area (Å²) >= 11 is 0. The lowest BCUT2D eigenvalue weighted by molar-refractivity contribution is -0.132. The molecule has 0 spiro atoms. The molecule has 1 aliphatic heterocycles. The maximum Gasteiger partial charge on any atom is 0.222 e. The lowest BCUT2D eigenvalue weighted by Crippen LogP contribution is -2.39. The van der Waals surface area contributed by atoms with Crippen LogP contribution in [-0.4, -0.2) is 38.6 Å². The topological polar surface area (TPSA) is 64.2 Å². The third-order valence-electron chi connectivity index (χ3n) is 5.46. The predicted molar refractivity (Wildman–Crippen MR) is 99.9 cm³/mol. The van der Waals surface area contributed by atoms with Gasteiger partial charge in [0.05, 0.1) is 5.69 Å². The van der Waals surface area contributed by atoms with Crippen LogP contribution in [0.3, 0.4) is 0 Å². The average Bonchev–Trinajstić information content (AvgIpc) is 3.20. The molecule has 6 nitrogen and oxygen atoms in total. The van der Waals surface area contributed by atoms with Gasteiger partial charge < -0.3 is 14.0 Å². The van der Waals surface area contributed by atoms with Crippen LogP contribution in [0.4, 0.5) is 0 Å². The zero-order chi connectivity index (χ0) is 18.7. The Kier molecular flexibility index (Phi) is 5.79. The lowest BCUT2D eigenvalue weighted by atomic mass is 9.96. The Balaban J connectivity index is 1.47. The Hall–Kier alpha value is -2.11. The van der Waals surface area contributed by atoms with Gasteiger partial charge in [0.1, 0.15) is 11.6 Å². The molecule has 0 atom stereocenters. The number of likely N-dealkylation sites (tertiary alicyclic amines) is 1.